The highest BCUT2D eigenvalue weighted by atomic mass is 16.1. The molecule has 0 spiro atoms. The van der Waals surface area contributed by atoms with Crippen molar-refractivity contribution >= 4 is 10.9 Å². The SMILES string of the molecule is Cn1c(=O)ccc2ccccc21.Cn1ccnc1. The van der Waals surface area contributed by atoms with E-state index in [9.17, 15) is 4.79 Å². The fourth-order valence-electron chi connectivity index (χ4n) is 1.65. The average molecular weight is 241 g/mol. The number of fused-ring (bicyclic) bond motifs is 1. The number of rotatable bonds is 0. The first kappa shape index (κ1) is 12.1. The summed E-state index contributed by atoms with van der Waals surface area (Å²) in [6.07, 6.45) is 5.39. The lowest BCUT2D eigenvalue weighted by atomic mass is 10.2. The van der Waals surface area contributed by atoms with Gasteiger partial charge in [0, 0.05) is 32.6 Å². The summed E-state index contributed by atoms with van der Waals surface area (Å²) in [5.74, 6) is 0. The van der Waals surface area contributed by atoms with Gasteiger partial charge in [-0.3, -0.25) is 4.79 Å². The molecule has 0 amide bonds. The number of para-hydroxylation sites is 1. The third-order valence-electron chi connectivity index (χ3n) is 2.67. The molecule has 0 aliphatic rings. The van der Waals surface area contributed by atoms with Crippen molar-refractivity contribution in [1.82, 2.24) is 14.1 Å². The first-order valence-corrected chi connectivity index (χ1v) is 5.65. The van der Waals surface area contributed by atoms with Crippen LogP contribution < -0.4 is 5.56 Å². The molecular weight excluding hydrogens is 226 g/mol. The largest absolute Gasteiger partial charge is 0.341 e. The Kier molecular flexibility index (Phi) is 3.57. The van der Waals surface area contributed by atoms with E-state index in [-0.39, 0.29) is 5.56 Å². The maximum absolute atomic E-state index is 11.2. The first-order valence-electron chi connectivity index (χ1n) is 5.65. The number of benzene rings is 1. The molecule has 4 heteroatoms. The fraction of sp³-hybridized carbons (Fsp3) is 0.143. The number of aromatic nitrogens is 3. The fourth-order valence-corrected chi connectivity index (χ4v) is 1.65. The smallest absolute Gasteiger partial charge is 0.250 e. The van der Waals surface area contributed by atoms with Gasteiger partial charge in [0.25, 0.3) is 5.56 Å². The van der Waals surface area contributed by atoms with Gasteiger partial charge in [0.2, 0.25) is 0 Å². The van der Waals surface area contributed by atoms with Crippen LogP contribution in [0, 0.1) is 0 Å². The molecule has 4 nitrogen and oxygen atoms in total. The Hall–Kier alpha value is -2.36. The van der Waals surface area contributed by atoms with Crippen LogP contribution in [0.4, 0.5) is 0 Å². The van der Waals surface area contributed by atoms with Crippen LogP contribution in [0.3, 0.4) is 0 Å². The second kappa shape index (κ2) is 5.31. The van der Waals surface area contributed by atoms with Crippen LogP contribution in [0.1, 0.15) is 0 Å². The average Bonchev–Trinajstić information content (AvgIpc) is 2.86. The van der Waals surface area contributed by atoms with Crippen molar-refractivity contribution in [2.45, 2.75) is 0 Å². The van der Waals surface area contributed by atoms with Gasteiger partial charge in [-0.15, -0.1) is 0 Å². The third kappa shape index (κ3) is 2.66. The molecule has 2 aromatic heterocycles. The Balaban J connectivity index is 0.000000169. The van der Waals surface area contributed by atoms with E-state index in [0.717, 1.165) is 10.9 Å². The lowest BCUT2D eigenvalue weighted by Gasteiger charge is -2.01. The molecule has 1 aromatic carbocycles. The number of hydrogen-bond acceptors (Lipinski definition) is 2. The molecule has 3 rings (SSSR count). The Bertz CT molecular complexity index is 684. The van der Waals surface area contributed by atoms with Gasteiger partial charge in [0.05, 0.1) is 11.8 Å². The molecule has 2 heterocycles. The second-order valence-corrected chi connectivity index (χ2v) is 4.02. The molecule has 3 aromatic rings. The Morgan fingerprint density at radius 2 is 1.83 bits per heavy atom. The summed E-state index contributed by atoms with van der Waals surface area (Å²) in [7, 11) is 3.72. The molecular formula is C14H15N3O. The van der Waals surface area contributed by atoms with Crippen LogP contribution in [0.2, 0.25) is 0 Å². The third-order valence-corrected chi connectivity index (χ3v) is 2.67. The van der Waals surface area contributed by atoms with E-state index < -0.39 is 0 Å². The van der Waals surface area contributed by atoms with Crippen molar-refractivity contribution in [2.75, 3.05) is 0 Å². The molecule has 0 unspecified atom stereocenters. The maximum atomic E-state index is 11.2. The zero-order chi connectivity index (χ0) is 13.0. The Morgan fingerprint density at radius 3 is 2.44 bits per heavy atom. The van der Waals surface area contributed by atoms with Crippen molar-refractivity contribution in [3.05, 3.63) is 65.5 Å². The Labute approximate surface area is 105 Å². The minimum atomic E-state index is 0.0358. The van der Waals surface area contributed by atoms with Gasteiger partial charge in [-0.1, -0.05) is 18.2 Å². The molecule has 0 saturated heterocycles. The van der Waals surface area contributed by atoms with Crippen molar-refractivity contribution in [3.63, 3.8) is 0 Å². The van der Waals surface area contributed by atoms with E-state index >= 15 is 0 Å². The van der Waals surface area contributed by atoms with Gasteiger partial charge >= 0.3 is 0 Å². The summed E-state index contributed by atoms with van der Waals surface area (Å²) in [6, 6.07) is 11.3. The van der Waals surface area contributed by atoms with Crippen LogP contribution in [0.25, 0.3) is 10.9 Å². The molecule has 0 radical (unpaired) electrons. The van der Waals surface area contributed by atoms with E-state index in [2.05, 4.69) is 4.98 Å². The topological polar surface area (TPSA) is 39.8 Å². The predicted molar refractivity (Wildman–Crippen MR) is 72.4 cm³/mol. The van der Waals surface area contributed by atoms with Gasteiger partial charge in [-0.25, -0.2) is 4.98 Å². The van der Waals surface area contributed by atoms with E-state index in [1.807, 2.05) is 48.1 Å². The normalized spacial score (nSPS) is 9.89. The zero-order valence-corrected chi connectivity index (χ0v) is 10.4. The second-order valence-electron chi connectivity index (χ2n) is 4.02. The Morgan fingerprint density at radius 1 is 1.06 bits per heavy atom. The predicted octanol–water partition coefficient (Wildman–Crippen LogP) is 1.96. The number of aryl methyl sites for hydroxylation is 2. The van der Waals surface area contributed by atoms with Gasteiger partial charge in [-0.2, -0.15) is 0 Å². The monoisotopic (exact) mass is 241 g/mol. The molecule has 0 saturated carbocycles. The first-order chi connectivity index (χ1) is 8.68. The summed E-state index contributed by atoms with van der Waals surface area (Å²) in [5.41, 5.74) is 1.01. The summed E-state index contributed by atoms with van der Waals surface area (Å²) in [4.78, 5) is 15.0. The summed E-state index contributed by atoms with van der Waals surface area (Å²) in [5, 5.41) is 1.10. The highest BCUT2D eigenvalue weighted by Crippen LogP contribution is 2.08. The molecule has 18 heavy (non-hydrogen) atoms. The zero-order valence-electron chi connectivity index (χ0n) is 10.4. The lowest BCUT2D eigenvalue weighted by molar-refractivity contribution is 0.906. The van der Waals surface area contributed by atoms with Crippen molar-refractivity contribution in [1.29, 1.82) is 0 Å². The van der Waals surface area contributed by atoms with Gasteiger partial charge < -0.3 is 9.13 Å². The molecule has 0 aliphatic carbocycles. The summed E-state index contributed by atoms with van der Waals surface area (Å²) < 4.78 is 3.54. The summed E-state index contributed by atoms with van der Waals surface area (Å²) >= 11 is 0. The number of pyridine rings is 1. The summed E-state index contributed by atoms with van der Waals surface area (Å²) in [6.45, 7) is 0. The van der Waals surface area contributed by atoms with Gasteiger partial charge in [0.1, 0.15) is 0 Å². The van der Waals surface area contributed by atoms with Crippen LogP contribution in [-0.2, 0) is 14.1 Å². The molecule has 0 N–H and O–H groups in total. The standard InChI is InChI=1S/C10H9NO.C4H6N2/c1-11-9-5-3-2-4-8(9)6-7-10(11)12;1-6-3-2-5-4-6/h2-7H,1H3;2-4H,1H3. The molecule has 0 atom stereocenters. The van der Waals surface area contributed by atoms with Crippen molar-refractivity contribution in [3.8, 4) is 0 Å². The maximum Gasteiger partial charge on any atom is 0.250 e. The van der Waals surface area contributed by atoms with E-state index in [1.54, 1.807) is 30.2 Å². The minimum absolute atomic E-state index is 0.0358. The van der Waals surface area contributed by atoms with E-state index in [0.29, 0.717) is 0 Å². The molecule has 0 bridgehead atoms. The van der Waals surface area contributed by atoms with Crippen molar-refractivity contribution < 1.29 is 0 Å². The van der Waals surface area contributed by atoms with E-state index in [4.69, 9.17) is 0 Å². The van der Waals surface area contributed by atoms with Crippen LogP contribution in [-0.4, -0.2) is 14.1 Å². The van der Waals surface area contributed by atoms with Crippen LogP contribution in [0.15, 0.2) is 59.9 Å². The molecule has 0 fully saturated rings. The van der Waals surface area contributed by atoms with Gasteiger partial charge in [-0.05, 0) is 17.5 Å². The van der Waals surface area contributed by atoms with Crippen LogP contribution >= 0.6 is 0 Å². The highest BCUT2D eigenvalue weighted by molar-refractivity contribution is 5.78. The van der Waals surface area contributed by atoms with Gasteiger partial charge in [0.15, 0.2) is 0 Å². The number of imidazole rings is 1. The quantitative estimate of drug-likeness (QED) is 0.603. The number of hydrogen-bond donors (Lipinski definition) is 0. The lowest BCUT2D eigenvalue weighted by Crippen LogP contribution is -2.14. The minimum Gasteiger partial charge on any atom is -0.341 e. The number of nitrogens with zero attached hydrogens (tertiary/aromatic N) is 3. The van der Waals surface area contributed by atoms with Crippen LogP contribution in [0.5, 0.6) is 0 Å². The van der Waals surface area contributed by atoms with E-state index in [1.165, 1.54) is 0 Å². The highest BCUT2D eigenvalue weighted by Gasteiger charge is 1.95. The molecule has 0 aliphatic heterocycles. The van der Waals surface area contributed by atoms with Crippen molar-refractivity contribution in [2.24, 2.45) is 14.1 Å². The molecule has 92 valence electrons.